The van der Waals surface area contributed by atoms with Gasteiger partial charge in [-0.2, -0.15) is 0 Å². The van der Waals surface area contributed by atoms with E-state index in [4.69, 9.17) is 15.2 Å². The molecule has 5 heteroatoms. The van der Waals surface area contributed by atoms with Crippen molar-refractivity contribution in [2.24, 2.45) is 10.7 Å². The van der Waals surface area contributed by atoms with Gasteiger partial charge in [0.15, 0.2) is 0 Å². The molecule has 1 aliphatic carbocycles. The number of aliphatic imine (C=N–C) groups is 1. The van der Waals surface area contributed by atoms with Crippen LogP contribution in [0.1, 0.15) is 19.8 Å². The Morgan fingerprint density at radius 2 is 2.00 bits per heavy atom. The first-order chi connectivity index (χ1) is 8.49. The highest BCUT2D eigenvalue weighted by atomic mass is 19.1. The lowest BCUT2D eigenvalue weighted by Gasteiger charge is -2.49. The zero-order valence-electron chi connectivity index (χ0n) is 10.1. The van der Waals surface area contributed by atoms with Crippen molar-refractivity contribution in [1.82, 2.24) is 0 Å². The third kappa shape index (κ3) is 1.89. The van der Waals surface area contributed by atoms with Gasteiger partial charge in [-0.05, 0) is 31.2 Å². The summed E-state index contributed by atoms with van der Waals surface area (Å²) in [4.78, 5) is 4.31. The molecule has 1 aromatic carbocycles. The van der Waals surface area contributed by atoms with Crippen molar-refractivity contribution in [1.29, 1.82) is 0 Å². The summed E-state index contributed by atoms with van der Waals surface area (Å²) in [7, 11) is 0. The van der Waals surface area contributed by atoms with Gasteiger partial charge >= 0.3 is 0 Å². The van der Waals surface area contributed by atoms with Crippen molar-refractivity contribution >= 4 is 6.02 Å². The number of hydrogen-bond donors (Lipinski definition) is 1. The summed E-state index contributed by atoms with van der Waals surface area (Å²) in [5, 5.41) is 0. The van der Waals surface area contributed by atoms with Crippen molar-refractivity contribution in [2.75, 3.05) is 6.61 Å². The molecule has 3 rings (SSSR count). The van der Waals surface area contributed by atoms with E-state index in [1.165, 1.54) is 12.1 Å². The molecule has 1 fully saturated rings. The lowest BCUT2D eigenvalue weighted by Crippen LogP contribution is -2.58. The van der Waals surface area contributed by atoms with E-state index >= 15 is 0 Å². The van der Waals surface area contributed by atoms with Crippen LogP contribution in [-0.4, -0.2) is 23.8 Å². The molecule has 0 unspecified atom stereocenters. The highest BCUT2D eigenvalue weighted by molar-refractivity contribution is 5.74. The zero-order valence-corrected chi connectivity index (χ0v) is 10.1. The van der Waals surface area contributed by atoms with Crippen molar-refractivity contribution in [3.63, 3.8) is 0 Å². The molecular weight excluding hydrogens is 235 g/mol. The molecule has 1 aliphatic heterocycles. The summed E-state index contributed by atoms with van der Waals surface area (Å²) < 4.78 is 23.9. The van der Waals surface area contributed by atoms with E-state index in [9.17, 15) is 4.39 Å². The zero-order chi connectivity index (χ0) is 12.8. The minimum Gasteiger partial charge on any atom is -0.487 e. The maximum atomic E-state index is 12.8. The van der Waals surface area contributed by atoms with Gasteiger partial charge in [0, 0.05) is 12.8 Å². The van der Waals surface area contributed by atoms with Crippen LogP contribution in [0.25, 0.3) is 0 Å². The number of benzene rings is 1. The van der Waals surface area contributed by atoms with Gasteiger partial charge in [0.05, 0.1) is 0 Å². The second-order valence-corrected chi connectivity index (χ2v) is 5.32. The monoisotopic (exact) mass is 250 g/mol. The lowest BCUT2D eigenvalue weighted by atomic mass is 9.66. The Morgan fingerprint density at radius 3 is 2.56 bits per heavy atom. The first-order valence-corrected chi connectivity index (χ1v) is 5.92. The molecule has 18 heavy (non-hydrogen) atoms. The van der Waals surface area contributed by atoms with Gasteiger partial charge in [0.2, 0.25) is 0 Å². The second-order valence-electron chi connectivity index (χ2n) is 5.32. The topological polar surface area (TPSA) is 56.8 Å². The van der Waals surface area contributed by atoms with Crippen molar-refractivity contribution in [3.8, 4) is 5.75 Å². The van der Waals surface area contributed by atoms with Crippen LogP contribution in [0.3, 0.4) is 0 Å². The molecule has 0 aromatic heterocycles. The fourth-order valence-electron chi connectivity index (χ4n) is 2.89. The first-order valence-electron chi connectivity index (χ1n) is 5.92. The molecule has 0 bridgehead atoms. The summed E-state index contributed by atoms with van der Waals surface area (Å²) in [5.74, 6) is 0.406. The molecule has 2 N–H and O–H groups in total. The Bertz CT molecular complexity index is 492. The van der Waals surface area contributed by atoms with Crippen molar-refractivity contribution in [3.05, 3.63) is 30.1 Å². The molecule has 1 aromatic rings. The predicted molar refractivity (Wildman–Crippen MR) is 65.0 cm³/mol. The molecule has 1 spiro atoms. The molecule has 0 saturated heterocycles. The standard InChI is InChI=1S/C13H15FN2O2/c1-12(18-10-4-2-9(14)3-5-10)6-13(7-12)8-17-11(15)16-13/h2-5H,6-8H2,1H3,(H2,15,16). The Morgan fingerprint density at radius 1 is 1.33 bits per heavy atom. The lowest BCUT2D eigenvalue weighted by molar-refractivity contribution is -0.0553. The van der Waals surface area contributed by atoms with Gasteiger partial charge in [-0.3, -0.25) is 0 Å². The maximum absolute atomic E-state index is 12.8. The van der Waals surface area contributed by atoms with Crippen LogP contribution in [0.4, 0.5) is 4.39 Å². The average molecular weight is 250 g/mol. The van der Waals surface area contributed by atoms with Crippen LogP contribution in [0.5, 0.6) is 5.75 Å². The number of nitrogens with two attached hydrogens (primary N) is 1. The van der Waals surface area contributed by atoms with E-state index < -0.39 is 0 Å². The highest BCUT2D eigenvalue weighted by Gasteiger charge is 2.56. The number of ether oxygens (including phenoxy) is 2. The average Bonchev–Trinajstić information content (AvgIpc) is 2.63. The van der Waals surface area contributed by atoms with E-state index in [1.54, 1.807) is 12.1 Å². The third-order valence-corrected chi connectivity index (χ3v) is 3.42. The number of nitrogens with zero attached hydrogens (tertiary/aromatic N) is 1. The van der Waals surface area contributed by atoms with Crippen LogP contribution in [-0.2, 0) is 4.74 Å². The smallest absolute Gasteiger partial charge is 0.282 e. The van der Waals surface area contributed by atoms with Gasteiger partial charge in [-0.15, -0.1) is 0 Å². The Labute approximate surface area is 105 Å². The summed E-state index contributed by atoms with van der Waals surface area (Å²) in [6.07, 6.45) is 1.52. The molecule has 0 amide bonds. The van der Waals surface area contributed by atoms with E-state index in [-0.39, 0.29) is 23.0 Å². The quantitative estimate of drug-likeness (QED) is 0.871. The number of hydrogen-bond acceptors (Lipinski definition) is 4. The molecule has 4 nitrogen and oxygen atoms in total. The van der Waals surface area contributed by atoms with Gasteiger partial charge in [0.25, 0.3) is 6.02 Å². The molecule has 0 radical (unpaired) electrons. The van der Waals surface area contributed by atoms with E-state index in [0.717, 1.165) is 12.8 Å². The van der Waals surface area contributed by atoms with Gasteiger partial charge < -0.3 is 15.2 Å². The van der Waals surface area contributed by atoms with Gasteiger partial charge in [0.1, 0.15) is 29.3 Å². The van der Waals surface area contributed by atoms with E-state index in [1.807, 2.05) is 6.92 Å². The second kappa shape index (κ2) is 3.60. The third-order valence-electron chi connectivity index (χ3n) is 3.42. The van der Waals surface area contributed by atoms with Crippen molar-refractivity contribution < 1.29 is 13.9 Å². The SMILES string of the molecule is CC1(Oc2ccc(F)cc2)CC2(COC(N)=N2)C1. The van der Waals surface area contributed by atoms with Gasteiger partial charge in [-0.25, -0.2) is 9.38 Å². The molecule has 0 atom stereocenters. The predicted octanol–water partition coefficient (Wildman–Crippen LogP) is 1.84. The normalized spacial score (nSPS) is 33.8. The largest absolute Gasteiger partial charge is 0.487 e. The number of amidine groups is 1. The number of rotatable bonds is 2. The summed E-state index contributed by atoms with van der Waals surface area (Å²) >= 11 is 0. The summed E-state index contributed by atoms with van der Waals surface area (Å²) in [6.45, 7) is 2.55. The Kier molecular flexibility index (Phi) is 2.27. The highest BCUT2D eigenvalue weighted by Crippen LogP contribution is 2.48. The van der Waals surface area contributed by atoms with Crippen LogP contribution in [0.15, 0.2) is 29.3 Å². The van der Waals surface area contributed by atoms with Crippen molar-refractivity contribution in [2.45, 2.75) is 30.9 Å². The van der Waals surface area contributed by atoms with Crippen LogP contribution >= 0.6 is 0 Å². The maximum Gasteiger partial charge on any atom is 0.282 e. The van der Waals surface area contributed by atoms with Crippen LogP contribution < -0.4 is 10.5 Å². The molecule has 96 valence electrons. The Balaban J connectivity index is 1.67. The minimum absolute atomic E-state index is 0.209. The van der Waals surface area contributed by atoms with E-state index in [0.29, 0.717) is 12.4 Å². The van der Waals surface area contributed by atoms with Gasteiger partial charge in [-0.1, -0.05) is 0 Å². The van der Waals surface area contributed by atoms with E-state index in [2.05, 4.69) is 4.99 Å². The summed E-state index contributed by atoms with van der Waals surface area (Å²) in [5.41, 5.74) is 5.03. The summed E-state index contributed by atoms with van der Waals surface area (Å²) in [6, 6.07) is 6.31. The molecular formula is C13H15FN2O2. The molecule has 2 aliphatic rings. The van der Waals surface area contributed by atoms with Crippen LogP contribution in [0.2, 0.25) is 0 Å². The minimum atomic E-state index is -0.282. The Hall–Kier alpha value is -1.78. The fraction of sp³-hybridized carbons (Fsp3) is 0.462. The fourth-order valence-corrected chi connectivity index (χ4v) is 2.89. The molecule has 1 saturated carbocycles. The van der Waals surface area contributed by atoms with Crippen LogP contribution in [0, 0.1) is 5.82 Å². The first kappa shape index (κ1) is 11.3. The number of halogens is 1. The molecule has 1 heterocycles.